The molecule has 0 saturated heterocycles. The van der Waals surface area contributed by atoms with Gasteiger partial charge >= 0.3 is 0 Å². The van der Waals surface area contributed by atoms with E-state index in [4.69, 9.17) is 11.5 Å². The number of hydrogen-bond donors (Lipinski definition) is 3. The van der Waals surface area contributed by atoms with E-state index in [0.717, 1.165) is 29.0 Å². The van der Waals surface area contributed by atoms with E-state index in [1.807, 2.05) is 12.1 Å². The van der Waals surface area contributed by atoms with Gasteiger partial charge in [-0.3, -0.25) is 4.79 Å². The highest BCUT2D eigenvalue weighted by Crippen LogP contribution is 2.53. The van der Waals surface area contributed by atoms with Crippen molar-refractivity contribution in [2.75, 3.05) is 17.6 Å². The van der Waals surface area contributed by atoms with Gasteiger partial charge in [-0.15, -0.1) is 11.8 Å². The summed E-state index contributed by atoms with van der Waals surface area (Å²) in [5, 5.41) is 2.90. The van der Waals surface area contributed by atoms with Crippen molar-refractivity contribution in [3.05, 3.63) is 23.8 Å². The predicted octanol–water partition coefficient (Wildman–Crippen LogP) is 1.47. The molecule has 18 heavy (non-hydrogen) atoms. The molecule has 96 valence electrons. The summed E-state index contributed by atoms with van der Waals surface area (Å²) in [6, 6.07) is 6.07. The quantitative estimate of drug-likeness (QED) is 0.771. The number of nitrogens with two attached hydrogens (primary N) is 2. The highest BCUT2D eigenvalue weighted by molar-refractivity contribution is 8.00. The van der Waals surface area contributed by atoms with Crippen molar-refractivity contribution in [1.82, 2.24) is 0 Å². The summed E-state index contributed by atoms with van der Waals surface area (Å²) in [5.41, 5.74) is 14.2. The molecular weight excluding hydrogens is 246 g/mol. The lowest BCUT2D eigenvalue weighted by molar-refractivity contribution is -0.113. The maximum Gasteiger partial charge on any atom is 0.234 e. The van der Waals surface area contributed by atoms with Crippen LogP contribution in [0.2, 0.25) is 0 Å². The number of rotatable bonds is 3. The lowest BCUT2D eigenvalue weighted by atomic mass is 9.90. The molecule has 0 bridgehead atoms. The third-order valence-corrected chi connectivity index (χ3v) is 5.03. The molecule has 1 amide bonds. The number of benzene rings is 1. The monoisotopic (exact) mass is 263 g/mol. The predicted molar refractivity (Wildman–Crippen MR) is 73.4 cm³/mol. The number of amides is 1. The molecule has 1 heterocycles. The maximum absolute atomic E-state index is 11.4. The summed E-state index contributed by atoms with van der Waals surface area (Å²) in [5.74, 6) is 0.545. The van der Waals surface area contributed by atoms with Crippen molar-refractivity contribution < 1.29 is 4.79 Å². The van der Waals surface area contributed by atoms with E-state index in [2.05, 4.69) is 11.4 Å². The molecule has 5 N–H and O–H groups in total. The number of hydrogen-bond acceptors (Lipinski definition) is 4. The van der Waals surface area contributed by atoms with Crippen LogP contribution < -0.4 is 16.8 Å². The van der Waals surface area contributed by atoms with Gasteiger partial charge in [-0.2, -0.15) is 0 Å². The third-order valence-electron chi connectivity index (χ3n) is 3.95. The van der Waals surface area contributed by atoms with E-state index in [0.29, 0.717) is 12.3 Å². The van der Waals surface area contributed by atoms with Gasteiger partial charge in [-0.25, -0.2) is 0 Å². The summed E-state index contributed by atoms with van der Waals surface area (Å²) in [7, 11) is 0. The molecule has 5 heteroatoms. The van der Waals surface area contributed by atoms with Crippen LogP contribution >= 0.6 is 11.8 Å². The zero-order chi connectivity index (χ0) is 12.8. The normalized spacial score (nSPS) is 22.0. The minimum absolute atomic E-state index is 0.0309. The second-order valence-corrected chi connectivity index (χ2v) is 6.15. The number of thioether (sulfide) groups is 1. The van der Waals surface area contributed by atoms with Gasteiger partial charge in [0.2, 0.25) is 5.91 Å². The fraction of sp³-hybridized carbons (Fsp3) is 0.462. The summed E-state index contributed by atoms with van der Waals surface area (Å²) in [6.45, 7) is 0.631. The van der Waals surface area contributed by atoms with Crippen LogP contribution in [-0.4, -0.2) is 18.2 Å². The Hall–Kier alpha value is -1.04. The minimum atomic E-state index is -0.0309. The van der Waals surface area contributed by atoms with Gasteiger partial charge < -0.3 is 16.8 Å². The topological polar surface area (TPSA) is 81.1 Å². The summed E-state index contributed by atoms with van der Waals surface area (Å²) < 4.78 is 0. The Morgan fingerprint density at radius 2 is 2.22 bits per heavy atom. The second-order valence-electron chi connectivity index (χ2n) is 5.14. The smallest absolute Gasteiger partial charge is 0.234 e. The van der Waals surface area contributed by atoms with Crippen LogP contribution in [-0.2, 0) is 4.79 Å². The van der Waals surface area contributed by atoms with Crippen molar-refractivity contribution in [3.63, 3.8) is 0 Å². The molecule has 0 radical (unpaired) electrons. The molecule has 4 nitrogen and oxygen atoms in total. The fourth-order valence-corrected chi connectivity index (χ4v) is 3.24. The van der Waals surface area contributed by atoms with E-state index in [1.54, 1.807) is 11.8 Å². The van der Waals surface area contributed by atoms with E-state index in [1.165, 1.54) is 0 Å². The van der Waals surface area contributed by atoms with Crippen LogP contribution in [0.25, 0.3) is 0 Å². The molecule has 3 rings (SSSR count). The Morgan fingerprint density at radius 3 is 2.89 bits per heavy atom. The van der Waals surface area contributed by atoms with Gasteiger partial charge in [0.1, 0.15) is 0 Å². The Morgan fingerprint density at radius 1 is 1.44 bits per heavy atom. The largest absolute Gasteiger partial charge is 0.330 e. The van der Waals surface area contributed by atoms with E-state index in [9.17, 15) is 4.79 Å². The number of fused-ring (bicyclic) bond motifs is 1. The van der Waals surface area contributed by atoms with Gasteiger partial charge in [0, 0.05) is 16.4 Å². The van der Waals surface area contributed by atoms with E-state index < -0.39 is 0 Å². The fourth-order valence-electron chi connectivity index (χ4n) is 2.45. The molecule has 1 aliphatic carbocycles. The van der Waals surface area contributed by atoms with Gasteiger partial charge in [-0.05, 0) is 37.1 Å². The SMILES string of the molecule is NCC1(C(N)c2ccc3c(c2)NC(=O)CS3)CC1. The Labute approximate surface area is 110 Å². The summed E-state index contributed by atoms with van der Waals surface area (Å²) in [6.07, 6.45) is 2.20. The molecule has 0 spiro atoms. The highest BCUT2D eigenvalue weighted by atomic mass is 32.2. The zero-order valence-corrected chi connectivity index (χ0v) is 10.9. The van der Waals surface area contributed by atoms with E-state index >= 15 is 0 Å². The minimum Gasteiger partial charge on any atom is -0.330 e. The van der Waals surface area contributed by atoms with Crippen molar-refractivity contribution in [1.29, 1.82) is 0 Å². The lowest BCUT2D eigenvalue weighted by Crippen LogP contribution is -2.29. The van der Waals surface area contributed by atoms with Gasteiger partial charge in [0.05, 0.1) is 11.4 Å². The Bertz CT molecular complexity index is 499. The number of carbonyl (C=O) groups is 1. The van der Waals surface area contributed by atoms with Crippen molar-refractivity contribution in [2.24, 2.45) is 16.9 Å². The average Bonchev–Trinajstić information content (AvgIpc) is 3.18. The molecule has 2 aliphatic rings. The Kier molecular flexibility index (Phi) is 2.84. The van der Waals surface area contributed by atoms with Gasteiger partial charge in [0.15, 0.2) is 0 Å². The van der Waals surface area contributed by atoms with Crippen LogP contribution in [0.5, 0.6) is 0 Å². The molecule has 1 unspecified atom stereocenters. The molecule has 1 atom stereocenters. The van der Waals surface area contributed by atoms with E-state index in [-0.39, 0.29) is 17.4 Å². The van der Waals surface area contributed by atoms with Crippen LogP contribution in [0.15, 0.2) is 23.1 Å². The number of nitrogens with one attached hydrogen (secondary N) is 1. The first-order valence-electron chi connectivity index (χ1n) is 6.17. The Balaban J connectivity index is 1.90. The molecule has 1 aromatic carbocycles. The first kappa shape index (κ1) is 12.0. The summed E-state index contributed by atoms with van der Waals surface area (Å²) in [4.78, 5) is 12.5. The maximum atomic E-state index is 11.4. The lowest BCUT2D eigenvalue weighted by Gasteiger charge is -2.24. The molecule has 1 fully saturated rings. The standard InChI is InChI=1S/C13H17N3OS/c14-7-13(3-4-13)12(15)8-1-2-10-9(5-8)16-11(17)6-18-10/h1-2,5,12H,3-4,6-7,14-15H2,(H,16,17). The number of anilines is 1. The molecule has 0 aromatic heterocycles. The van der Waals surface area contributed by atoms with Crippen LogP contribution in [0, 0.1) is 5.41 Å². The van der Waals surface area contributed by atoms with Crippen molar-refractivity contribution >= 4 is 23.4 Å². The molecule has 1 aliphatic heterocycles. The average molecular weight is 263 g/mol. The molecule has 1 saturated carbocycles. The first-order valence-corrected chi connectivity index (χ1v) is 7.15. The van der Waals surface area contributed by atoms with Crippen LogP contribution in [0.4, 0.5) is 5.69 Å². The summed E-state index contributed by atoms with van der Waals surface area (Å²) >= 11 is 1.57. The van der Waals surface area contributed by atoms with Crippen molar-refractivity contribution in [3.8, 4) is 0 Å². The number of carbonyl (C=O) groups excluding carboxylic acids is 1. The molecular formula is C13H17N3OS. The van der Waals surface area contributed by atoms with Crippen LogP contribution in [0.1, 0.15) is 24.4 Å². The van der Waals surface area contributed by atoms with Crippen molar-refractivity contribution in [2.45, 2.75) is 23.8 Å². The third kappa shape index (κ3) is 1.92. The van der Waals surface area contributed by atoms with Gasteiger partial charge in [-0.1, -0.05) is 6.07 Å². The van der Waals surface area contributed by atoms with Gasteiger partial charge in [0.25, 0.3) is 0 Å². The highest BCUT2D eigenvalue weighted by Gasteiger charge is 2.47. The molecule has 1 aromatic rings. The van der Waals surface area contributed by atoms with Crippen LogP contribution in [0.3, 0.4) is 0 Å². The first-order chi connectivity index (χ1) is 8.64. The zero-order valence-electron chi connectivity index (χ0n) is 10.1. The second kappa shape index (κ2) is 4.26.